The molecule has 196 valence electrons. The first-order valence-corrected chi connectivity index (χ1v) is 12.1. The number of nitrogens with one attached hydrogen (secondary N) is 2. The molecule has 2 aromatic rings. The number of aliphatic imine (C=N–C) groups is 1. The second kappa shape index (κ2) is 12.0. The van der Waals surface area contributed by atoms with Gasteiger partial charge in [0.25, 0.3) is 0 Å². The lowest BCUT2D eigenvalue weighted by molar-refractivity contribution is -0.224. The number of hydrogen-bond acceptors (Lipinski definition) is 11. The van der Waals surface area contributed by atoms with Gasteiger partial charge in [0.2, 0.25) is 5.96 Å². The predicted molar refractivity (Wildman–Crippen MR) is 132 cm³/mol. The van der Waals surface area contributed by atoms with Crippen LogP contribution in [0.2, 0.25) is 0 Å². The Morgan fingerprint density at radius 3 is 2.36 bits per heavy atom. The van der Waals surface area contributed by atoms with Crippen LogP contribution in [0.25, 0.3) is 10.2 Å². The molecule has 2 heterocycles. The van der Waals surface area contributed by atoms with E-state index in [0.29, 0.717) is 16.8 Å². The van der Waals surface area contributed by atoms with Gasteiger partial charge in [-0.15, -0.1) is 0 Å². The van der Waals surface area contributed by atoms with Crippen molar-refractivity contribution in [2.24, 2.45) is 4.99 Å². The topological polar surface area (TPSA) is 147 Å². The van der Waals surface area contributed by atoms with Gasteiger partial charge in [-0.05, 0) is 32.0 Å². The van der Waals surface area contributed by atoms with Crippen molar-refractivity contribution in [3.05, 3.63) is 18.2 Å². The lowest BCUT2D eigenvalue weighted by Gasteiger charge is -2.39. The quantitative estimate of drug-likeness (QED) is 0.239. The lowest BCUT2D eigenvalue weighted by Crippen LogP contribution is -2.57. The summed E-state index contributed by atoms with van der Waals surface area (Å²) >= 11 is 1.40. The van der Waals surface area contributed by atoms with Gasteiger partial charge in [-0.25, -0.2) is 9.98 Å². The molecule has 0 saturated carbocycles. The fourth-order valence-electron chi connectivity index (χ4n) is 3.53. The van der Waals surface area contributed by atoms with E-state index in [-0.39, 0.29) is 12.6 Å². The van der Waals surface area contributed by atoms with E-state index >= 15 is 0 Å². The van der Waals surface area contributed by atoms with Crippen molar-refractivity contribution < 1.29 is 38.1 Å². The van der Waals surface area contributed by atoms with Crippen molar-refractivity contribution in [2.45, 2.75) is 65.2 Å². The molecule has 13 heteroatoms. The van der Waals surface area contributed by atoms with Gasteiger partial charge in [0.1, 0.15) is 5.75 Å². The van der Waals surface area contributed by atoms with Crippen LogP contribution in [0.4, 0.5) is 5.13 Å². The zero-order valence-electron chi connectivity index (χ0n) is 20.9. The molecular formula is C23H30N4O8S. The number of carbonyl (C=O) groups excluding carboxylic acids is 3. The molecule has 12 nitrogen and oxygen atoms in total. The number of carbonyl (C=O) groups is 3. The maximum absolute atomic E-state index is 11.9. The summed E-state index contributed by atoms with van der Waals surface area (Å²) in [5, 5.41) is 6.89. The molecule has 1 saturated heterocycles. The smallest absolute Gasteiger partial charge is 0.303 e. The third-order valence-electron chi connectivity index (χ3n) is 4.83. The van der Waals surface area contributed by atoms with E-state index < -0.39 is 42.4 Å². The van der Waals surface area contributed by atoms with E-state index in [4.69, 9.17) is 23.7 Å². The molecule has 0 unspecified atom stereocenters. The van der Waals surface area contributed by atoms with Crippen LogP contribution in [0.1, 0.15) is 34.6 Å². The number of benzene rings is 1. The molecule has 1 aromatic carbocycles. The van der Waals surface area contributed by atoms with E-state index in [1.54, 1.807) is 7.11 Å². The fourth-order valence-corrected chi connectivity index (χ4v) is 4.42. The third kappa shape index (κ3) is 7.28. The number of fused-ring (bicyclic) bond motifs is 1. The van der Waals surface area contributed by atoms with Gasteiger partial charge in [0, 0.05) is 26.8 Å². The monoisotopic (exact) mass is 522 g/mol. The number of methoxy groups -OCH3 is 1. The Hall–Kier alpha value is -3.45. The van der Waals surface area contributed by atoms with Crippen LogP contribution in [0, 0.1) is 0 Å². The molecule has 0 amide bonds. The molecular weight excluding hydrogens is 492 g/mol. The number of esters is 3. The Labute approximate surface area is 212 Å². The number of nitrogens with zero attached hydrogens (tertiary/aromatic N) is 2. The molecule has 1 aromatic heterocycles. The molecule has 36 heavy (non-hydrogen) atoms. The van der Waals surface area contributed by atoms with Crippen LogP contribution in [-0.4, -0.2) is 73.1 Å². The number of rotatable bonds is 7. The molecule has 4 atom stereocenters. The van der Waals surface area contributed by atoms with E-state index in [1.807, 2.05) is 32.0 Å². The van der Waals surface area contributed by atoms with Crippen molar-refractivity contribution in [1.82, 2.24) is 10.3 Å². The zero-order chi connectivity index (χ0) is 26.4. The zero-order valence-corrected chi connectivity index (χ0v) is 21.7. The predicted octanol–water partition coefficient (Wildman–Crippen LogP) is 2.22. The lowest BCUT2D eigenvalue weighted by atomic mass is 10.0. The fraction of sp³-hybridized carbons (Fsp3) is 0.522. The van der Waals surface area contributed by atoms with Crippen LogP contribution >= 0.6 is 11.3 Å². The summed E-state index contributed by atoms with van der Waals surface area (Å²) in [4.78, 5) is 44.4. The van der Waals surface area contributed by atoms with Crippen LogP contribution in [-0.2, 0) is 33.3 Å². The molecule has 2 N–H and O–H groups in total. The first-order chi connectivity index (χ1) is 17.0. The summed E-state index contributed by atoms with van der Waals surface area (Å²) in [6, 6.07) is 5.52. The average Bonchev–Trinajstić information content (AvgIpc) is 3.17. The Bertz CT molecular complexity index is 1130. The van der Waals surface area contributed by atoms with Crippen molar-refractivity contribution >= 4 is 50.6 Å². The van der Waals surface area contributed by atoms with Gasteiger partial charge in [-0.2, -0.15) is 0 Å². The van der Waals surface area contributed by atoms with Crippen LogP contribution in [0.3, 0.4) is 0 Å². The number of thiazole rings is 1. The molecule has 1 aliphatic heterocycles. The molecule has 1 aliphatic rings. The summed E-state index contributed by atoms with van der Waals surface area (Å²) < 4.78 is 28.1. The van der Waals surface area contributed by atoms with Gasteiger partial charge in [0.15, 0.2) is 29.7 Å². The summed E-state index contributed by atoms with van der Waals surface area (Å²) in [6.45, 7) is 7.35. The summed E-state index contributed by atoms with van der Waals surface area (Å²) in [6.07, 6.45) is -4.34. The van der Waals surface area contributed by atoms with Crippen LogP contribution in [0.15, 0.2) is 23.2 Å². The molecule has 1 fully saturated rings. The summed E-state index contributed by atoms with van der Waals surface area (Å²) in [5.74, 6) is -0.866. The second-order valence-electron chi connectivity index (χ2n) is 8.27. The largest absolute Gasteiger partial charge is 0.497 e. The Kier molecular flexibility index (Phi) is 9.04. The molecule has 3 rings (SSSR count). The minimum atomic E-state index is -1.17. The van der Waals surface area contributed by atoms with E-state index in [1.165, 1.54) is 32.1 Å². The van der Waals surface area contributed by atoms with Gasteiger partial charge in [-0.1, -0.05) is 11.3 Å². The Balaban J connectivity index is 1.93. The molecule has 0 aliphatic carbocycles. The SMILES string of the molecule is COc1ccc2nc(N/C(=N/[C@@H]3OC[C@@H](OC(C)=O)[C@H](OC(C)=O)[C@H]3OC(C)=O)NC(C)C)sc2c1. The van der Waals surface area contributed by atoms with Gasteiger partial charge >= 0.3 is 17.9 Å². The number of anilines is 1. The number of aromatic nitrogens is 1. The van der Waals surface area contributed by atoms with Crippen molar-refractivity contribution in [2.75, 3.05) is 19.0 Å². The minimum absolute atomic E-state index is 0.0282. The molecule has 0 bridgehead atoms. The highest BCUT2D eigenvalue weighted by molar-refractivity contribution is 7.22. The first-order valence-electron chi connectivity index (χ1n) is 11.2. The van der Waals surface area contributed by atoms with Crippen molar-refractivity contribution in [3.8, 4) is 5.75 Å². The highest BCUT2D eigenvalue weighted by atomic mass is 32.1. The Morgan fingerprint density at radius 1 is 1.08 bits per heavy atom. The van der Waals surface area contributed by atoms with E-state index in [9.17, 15) is 14.4 Å². The van der Waals surface area contributed by atoms with Crippen LogP contribution < -0.4 is 15.4 Å². The maximum atomic E-state index is 11.9. The Morgan fingerprint density at radius 2 is 1.75 bits per heavy atom. The normalized spacial score (nSPS) is 22.1. The summed E-state index contributed by atoms with van der Waals surface area (Å²) in [5.41, 5.74) is 0.776. The maximum Gasteiger partial charge on any atom is 0.303 e. The molecule has 0 spiro atoms. The minimum Gasteiger partial charge on any atom is -0.497 e. The first kappa shape index (κ1) is 27.1. The summed E-state index contributed by atoms with van der Waals surface area (Å²) in [7, 11) is 1.59. The number of hydrogen-bond donors (Lipinski definition) is 2. The second-order valence-corrected chi connectivity index (χ2v) is 9.30. The van der Waals surface area contributed by atoms with Gasteiger partial charge in [0.05, 0.1) is 23.9 Å². The number of ether oxygens (including phenoxy) is 5. The highest BCUT2D eigenvalue weighted by Crippen LogP contribution is 2.30. The van der Waals surface area contributed by atoms with Gasteiger partial charge < -0.3 is 34.3 Å². The van der Waals surface area contributed by atoms with Crippen LogP contribution in [0.5, 0.6) is 5.75 Å². The highest BCUT2D eigenvalue weighted by Gasteiger charge is 2.47. The standard InChI is InChI=1S/C23H30N4O8S/c1-11(2)24-22(27-23-25-16-8-7-15(31-6)9-18(16)36-23)26-21-20(35-14(5)30)19(34-13(4)29)17(10-32-21)33-12(3)28/h7-9,11,17,19-21H,10H2,1-6H3,(H2,24,25,26,27)/t17-,19+,20-,21-/m1/s1. The number of guanidine groups is 1. The average molecular weight is 523 g/mol. The van der Waals surface area contributed by atoms with E-state index in [0.717, 1.165) is 10.2 Å². The van der Waals surface area contributed by atoms with Crippen molar-refractivity contribution in [1.29, 1.82) is 0 Å². The van der Waals surface area contributed by atoms with E-state index in [2.05, 4.69) is 20.6 Å². The third-order valence-corrected chi connectivity index (χ3v) is 5.76. The van der Waals surface area contributed by atoms with Crippen molar-refractivity contribution in [3.63, 3.8) is 0 Å². The molecule has 0 radical (unpaired) electrons. The van der Waals surface area contributed by atoms with Gasteiger partial charge in [-0.3, -0.25) is 14.4 Å².